The van der Waals surface area contributed by atoms with Crippen molar-refractivity contribution >= 4 is 23.6 Å². The van der Waals surface area contributed by atoms with Crippen molar-refractivity contribution in [1.29, 1.82) is 0 Å². The Balaban J connectivity index is 2.06. The Bertz CT molecular complexity index is 801. The Labute approximate surface area is 146 Å². The zero-order chi connectivity index (χ0) is 18.2. The molecule has 0 unspecified atom stereocenters. The number of alkyl halides is 3. The minimum atomic E-state index is -4.45. The van der Waals surface area contributed by atoms with E-state index in [9.17, 15) is 18.0 Å². The highest BCUT2D eigenvalue weighted by molar-refractivity contribution is 7.99. The molecule has 6 nitrogen and oxygen atoms in total. The number of nitrogens with zero attached hydrogens (tertiary/aromatic N) is 4. The normalized spacial score (nSPS) is 14.6. The number of amides is 1. The fraction of sp³-hybridized carbons (Fsp3) is 0.467. The molecular formula is C15H16F3N5OS. The number of thioether (sulfide) groups is 1. The van der Waals surface area contributed by atoms with E-state index in [0.29, 0.717) is 11.3 Å². The van der Waals surface area contributed by atoms with E-state index in [4.69, 9.17) is 0 Å². The lowest BCUT2D eigenvalue weighted by Crippen LogP contribution is -2.19. The lowest BCUT2D eigenvalue weighted by molar-refractivity contribution is -0.139. The summed E-state index contributed by atoms with van der Waals surface area (Å²) in [6.07, 6.45) is -2.89. The second-order valence-electron chi connectivity index (χ2n) is 5.69. The van der Waals surface area contributed by atoms with Gasteiger partial charge in [-0.1, -0.05) is 12.0 Å². The molecule has 1 aliphatic carbocycles. The quantitative estimate of drug-likeness (QED) is 0.815. The molecule has 0 radical (unpaired) electrons. The van der Waals surface area contributed by atoms with E-state index in [2.05, 4.69) is 20.8 Å². The largest absolute Gasteiger partial charge is 0.417 e. The average molecular weight is 371 g/mol. The van der Waals surface area contributed by atoms with Crippen molar-refractivity contribution in [1.82, 2.24) is 20.2 Å². The summed E-state index contributed by atoms with van der Waals surface area (Å²) in [5.41, 5.74) is 0.0434. The minimum absolute atomic E-state index is 0.0188. The third kappa shape index (κ3) is 3.63. The standard InChI is InChI=1S/C15H16F3N5OS/c1-3-25-12-10(15(16,17)18)7-6-9(11(12)8-4-5-8)13(24)19-14-20-21-22-23(14)2/h6-8H,3-5H2,1-2H3,(H,19,20,22,24). The fourth-order valence-electron chi connectivity index (χ4n) is 2.60. The van der Waals surface area contributed by atoms with Gasteiger partial charge in [0.15, 0.2) is 0 Å². The highest BCUT2D eigenvalue weighted by Crippen LogP contribution is 2.49. The van der Waals surface area contributed by atoms with Crippen molar-refractivity contribution in [2.45, 2.75) is 36.8 Å². The van der Waals surface area contributed by atoms with Crippen molar-refractivity contribution in [3.8, 4) is 0 Å². The molecule has 3 rings (SSSR count). The Morgan fingerprint density at radius 3 is 2.64 bits per heavy atom. The summed E-state index contributed by atoms with van der Waals surface area (Å²) in [6, 6.07) is 2.23. The van der Waals surface area contributed by atoms with Gasteiger partial charge in [0, 0.05) is 17.5 Å². The lowest BCUT2D eigenvalue weighted by atomic mass is 9.98. The molecule has 10 heteroatoms. The molecule has 1 N–H and O–H groups in total. The van der Waals surface area contributed by atoms with Gasteiger partial charge < -0.3 is 0 Å². The van der Waals surface area contributed by atoms with E-state index < -0.39 is 17.6 Å². The number of anilines is 1. The molecule has 1 aromatic heterocycles. The lowest BCUT2D eigenvalue weighted by Gasteiger charge is -2.19. The van der Waals surface area contributed by atoms with Gasteiger partial charge in [0.25, 0.3) is 5.91 Å². The summed E-state index contributed by atoms with van der Waals surface area (Å²) in [5.74, 6) is 0.0960. The third-order valence-electron chi connectivity index (χ3n) is 3.87. The van der Waals surface area contributed by atoms with E-state index in [-0.39, 0.29) is 22.3 Å². The summed E-state index contributed by atoms with van der Waals surface area (Å²) >= 11 is 1.12. The van der Waals surface area contributed by atoms with Crippen LogP contribution in [-0.4, -0.2) is 31.9 Å². The van der Waals surface area contributed by atoms with Crippen LogP contribution in [0.1, 0.15) is 47.2 Å². The monoisotopic (exact) mass is 371 g/mol. The molecule has 1 saturated carbocycles. The summed E-state index contributed by atoms with van der Waals surface area (Å²) in [5, 5.41) is 13.3. The molecule has 134 valence electrons. The van der Waals surface area contributed by atoms with Crippen molar-refractivity contribution in [2.24, 2.45) is 7.05 Å². The van der Waals surface area contributed by atoms with Gasteiger partial charge in [0.1, 0.15) is 0 Å². The summed E-state index contributed by atoms with van der Waals surface area (Å²) in [7, 11) is 1.56. The van der Waals surface area contributed by atoms with E-state index in [0.717, 1.165) is 30.7 Å². The molecular weight excluding hydrogens is 355 g/mol. The predicted molar refractivity (Wildman–Crippen MR) is 86.6 cm³/mol. The fourth-order valence-corrected chi connectivity index (χ4v) is 3.66. The molecule has 0 bridgehead atoms. The zero-order valence-corrected chi connectivity index (χ0v) is 14.4. The van der Waals surface area contributed by atoms with Gasteiger partial charge in [0.05, 0.1) is 5.56 Å². The molecule has 1 fully saturated rings. The molecule has 1 aromatic carbocycles. The number of nitrogens with one attached hydrogen (secondary N) is 1. The van der Waals surface area contributed by atoms with Gasteiger partial charge in [-0.05, 0) is 52.6 Å². The second-order valence-corrected chi connectivity index (χ2v) is 6.96. The molecule has 0 atom stereocenters. The van der Waals surface area contributed by atoms with Gasteiger partial charge in [-0.25, -0.2) is 4.68 Å². The van der Waals surface area contributed by atoms with Crippen LogP contribution in [0.2, 0.25) is 0 Å². The smallest absolute Gasteiger partial charge is 0.289 e. The number of aryl methyl sites for hydroxylation is 1. The minimum Gasteiger partial charge on any atom is -0.289 e. The number of halogens is 3. The summed E-state index contributed by atoms with van der Waals surface area (Å²) in [6.45, 7) is 1.79. The first-order valence-corrected chi connectivity index (χ1v) is 8.72. The van der Waals surface area contributed by atoms with Crippen molar-refractivity contribution in [3.63, 3.8) is 0 Å². The first-order valence-electron chi connectivity index (χ1n) is 7.73. The molecule has 1 aliphatic rings. The number of rotatable bonds is 5. The van der Waals surface area contributed by atoms with Crippen molar-refractivity contribution < 1.29 is 18.0 Å². The van der Waals surface area contributed by atoms with Crippen LogP contribution >= 0.6 is 11.8 Å². The Kier molecular flexibility index (Phi) is 4.72. The number of hydrogen-bond donors (Lipinski definition) is 1. The second kappa shape index (κ2) is 6.66. The molecule has 25 heavy (non-hydrogen) atoms. The van der Waals surface area contributed by atoms with Crippen molar-refractivity contribution in [3.05, 3.63) is 28.8 Å². The molecule has 0 saturated heterocycles. The third-order valence-corrected chi connectivity index (χ3v) is 4.88. The number of carbonyl (C=O) groups excluding carboxylic acids is 1. The van der Waals surface area contributed by atoms with Crippen LogP contribution in [-0.2, 0) is 13.2 Å². The van der Waals surface area contributed by atoms with Gasteiger partial charge in [-0.15, -0.1) is 11.8 Å². The van der Waals surface area contributed by atoms with Crippen LogP contribution in [0.4, 0.5) is 19.1 Å². The van der Waals surface area contributed by atoms with Crippen LogP contribution in [0, 0.1) is 0 Å². The first kappa shape index (κ1) is 17.7. The van der Waals surface area contributed by atoms with Gasteiger partial charge in [-0.3, -0.25) is 10.1 Å². The van der Waals surface area contributed by atoms with Gasteiger partial charge in [-0.2, -0.15) is 13.2 Å². The zero-order valence-electron chi connectivity index (χ0n) is 13.6. The van der Waals surface area contributed by atoms with Gasteiger partial charge >= 0.3 is 6.18 Å². The van der Waals surface area contributed by atoms with Crippen LogP contribution < -0.4 is 5.32 Å². The number of aromatic nitrogens is 4. The topological polar surface area (TPSA) is 72.7 Å². The van der Waals surface area contributed by atoms with E-state index in [1.54, 1.807) is 14.0 Å². The number of hydrogen-bond acceptors (Lipinski definition) is 5. The van der Waals surface area contributed by atoms with E-state index >= 15 is 0 Å². The molecule has 2 aromatic rings. The van der Waals surface area contributed by atoms with Gasteiger partial charge in [0.2, 0.25) is 5.95 Å². The maximum absolute atomic E-state index is 13.4. The van der Waals surface area contributed by atoms with Crippen LogP contribution in [0.3, 0.4) is 0 Å². The van der Waals surface area contributed by atoms with Crippen LogP contribution in [0.15, 0.2) is 17.0 Å². The molecule has 1 heterocycles. The molecule has 0 aliphatic heterocycles. The average Bonchev–Trinajstić information content (AvgIpc) is 3.30. The number of tetrazole rings is 1. The van der Waals surface area contributed by atoms with Crippen LogP contribution in [0.25, 0.3) is 0 Å². The highest BCUT2D eigenvalue weighted by atomic mass is 32.2. The Morgan fingerprint density at radius 2 is 2.12 bits per heavy atom. The molecule has 1 amide bonds. The Morgan fingerprint density at radius 1 is 1.40 bits per heavy atom. The predicted octanol–water partition coefficient (Wildman–Crippen LogP) is 3.47. The summed E-state index contributed by atoms with van der Waals surface area (Å²) in [4.78, 5) is 12.8. The first-order chi connectivity index (χ1) is 11.8. The van der Waals surface area contributed by atoms with E-state index in [1.165, 1.54) is 10.7 Å². The Hall–Kier alpha value is -2.10. The highest BCUT2D eigenvalue weighted by Gasteiger charge is 2.39. The number of benzene rings is 1. The molecule has 0 spiro atoms. The maximum Gasteiger partial charge on any atom is 0.417 e. The van der Waals surface area contributed by atoms with Crippen LogP contribution in [0.5, 0.6) is 0 Å². The van der Waals surface area contributed by atoms with Crippen molar-refractivity contribution in [2.75, 3.05) is 11.1 Å². The maximum atomic E-state index is 13.4. The van der Waals surface area contributed by atoms with E-state index in [1.807, 2.05) is 0 Å². The SMILES string of the molecule is CCSc1c(C(F)(F)F)ccc(C(=O)Nc2nnnn2C)c1C1CC1. The summed E-state index contributed by atoms with van der Waals surface area (Å²) < 4.78 is 41.4. The number of carbonyl (C=O) groups is 1.